The average Bonchev–Trinajstić information content (AvgIpc) is 3.07. The Hall–Kier alpha value is -5.93. The SMILES string of the molecule is CN(C(=O)[C@H](Cc1ccc(C(=N)N)cc1)c1ccccc1)[C@@H](Cc1ccccc1)C(=O)N[C@@H](CCCNC(=N)N)C(N)=O.O=C(O)C(F)(F)F. The first-order valence-electron chi connectivity index (χ1n) is 15.3. The summed E-state index contributed by atoms with van der Waals surface area (Å²) < 4.78 is 31.7. The minimum atomic E-state index is -5.08. The monoisotopic (exact) mass is 698 g/mol. The fraction of sp³-hybridized carbons (Fsp3) is 0.294. The molecule has 0 aliphatic heterocycles. The van der Waals surface area contributed by atoms with Crippen molar-refractivity contribution in [2.24, 2.45) is 17.2 Å². The maximum atomic E-state index is 14.2. The number of nitrogens with zero attached hydrogens (tertiary/aromatic N) is 1. The van der Waals surface area contributed by atoms with Crippen LogP contribution in [0.3, 0.4) is 0 Å². The molecule has 11 N–H and O–H groups in total. The highest BCUT2D eigenvalue weighted by Crippen LogP contribution is 2.25. The molecule has 0 aromatic heterocycles. The molecule has 3 amide bonds. The highest BCUT2D eigenvalue weighted by molar-refractivity contribution is 5.95. The van der Waals surface area contributed by atoms with Gasteiger partial charge in [0.1, 0.15) is 17.9 Å². The molecule has 0 saturated carbocycles. The van der Waals surface area contributed by atoms with E-state index in [1.807, 2.05) is 72.8 Å². The number of likely N-dealkylation sites (N-methyl/N-ethyl adjacent to an activating group) is 1. The molecule has 0 radical (unpaired) electrons. The quantitative estimate of drug-likeness (QED) is 0.0663. The van der Waals surface area contributed by atoms with Crippen molar-refractivity contribution in [1.29, 1.82) is 10.8 Å². The zero-order chi connectivity index (χ0) is 37.4. The van der Waals surface area contributed by atoms with Crippen molar-refractivity contribution < 1.29 is 37.5 Å². The van der Waals surface area contributed by atoms with Gasteiger partial charge in [0, 0.05) is 25.6 Å². The van der Waals surface area contributed by atoms with Crippen LogP contribution in [-0.2, 0) is 32.0 Å². The number of aliphatic carboxylic acids is 1. The van der Waals surface area contributed by atoms with Crippen LogP contribution >= 0.6 is 0 Å². The molecule has 0 heterocycles. The van der Waals surface area contributed by atoms with E-state index >= 15 is 0 Å². The van der Waals surface area contributed by atoms with E-state index in [-0.39, 0.29) is 30.5 Å². The summed E-state index contributed by atoms with van der Waals surface area (Å²) in [5.41, 5.74) is 19.6. The number of amides is 3. The molecule has 0 saturated heterocycles. The summed E-state index contributed by atoms with van der Waals surface area (Å²) in [7, 11) is 1.60. The van der Waals surface area contributed by atoms with Gasteiger partial charge in [0.25, 0.3) is 0 Å². The van der Waals surface area contributed by atoms with Gasteiger partial charge in [0.2, 0.25) is 17.7 Å². The van der Waals surface area contributed by atoms with Crippen LogP contribution in [0.1, 0.15) is 41.0 Å². The predicted octanol–water partition coefficient (Wildman–Crippen LogP) is 2.23. The number of alkyl halides is 3. The number of amidine groups is 1. The van der Waals surface area contributed by atoms with Crippen LogP contribution in [0.25, 0.3) is 0 Å². The second-order valence-electron chi connectivity index (χ2n) is 11.2. The molecule has 3 aromatic carbocycles. The number of carboxylic acid groups (broad SMARTS) is 1. The number of rotatable bonds is 15. The van der Waals surface area contributed by atoms with Gasteiger partial charge in [-0.1, -0.05) is 84.9 Å². The summed E-state index contributed by atoms with van der Waals surface area (Å²) in [6, 6.07) is 24.0. The van der Waals surface area contributed by atoms with E-state index in [0.717, 1.165) is 16.7 Å². The smallest absolute Gasteiger partial charge is 0.475 e. The highest BCUT2D eigenvalue weighted by atomic mass is 19.4. The van der Waals surface area contributed by atoms with Crippen LogP contribution in [0.4, 0.5) is 13.2 Å². The second-order valence-corrected chi connectivity index (χ2v) is 11.2. The van der Waals surface area contributed by atoms with Crippen LogP contribution in [0, 0.1) is 10.8 Å². The van der Waals surface area contributed by atoms with E-state index in [9.17, 15) is 27.6 Å². The Morgan fingerprint density at radius 2 is 1.36 bits per heavy atom. The first kappa shape index (κ1) is 40.2. The number of benzene rings is 3. The summed E-state index contributed by atoms with van der Waals surface area (Å²) >= 11 is 0. The summed E-state index contributed by atoms with van der Waals surface area (Å²) in [6.45, 7) is 0.340. The fourth-order valence-corrected chi connectivity index (χ4v) is 4.81. The van der Waals surface area contributed by atoms with Gasteiger partial charge < -0.3 is 37.8 Å². The van der Waals surface area contributed by atoms with Gasteiger partial charge in [-0.05, 0) is 36.0 Å². The van der Waals surface area contributed by atoms with Crippen molar-refractivity contribution in [3.63, 3.8) is 0 Å². The number of primary amides is 1. The lowest BCUT2D eigenvalue weighted by Gasteiger charge is -2.32. The Labute approximate surface area is 287 Å². The number of carbonyl (C=O) groups excluding carboxylic acids is 3. The largest absolute Gasteiger partial charge is 0.490 e. The van der Waals surface area contributed by atoms with Crippen LogP contribution in [0.2, 0.25) is 0 Å². The summed E-state index contributed by atoms with van der Waals surface area (Å²) in [5, 5.41) is 27.5. The lowest BCUT2D eigenvalue weighted by atomic mass is 9.89. The summed E-state index contributed by atoms with van der Waals surface area (Å²) in [6.07, 6.45) is -3.83. The summed E-state index contributed by atoms with van der Waals surface area (Å²) in [5.74, 6) is -5.05. The number of carbonyl (C=O) groups is 4. The number of nitrogens with one attached hydrogen (secondary N) is 4. The van der Waals surface area contributed by atoms with Gasteiger partial charge in [0.05, 0.1) is 5.92 Å². The molecule has 13 nitrogen and oxygen atoms in total. The molecular weight excluding hydrogens is 657 g/mol. The van der Waals surface area contributed by atoms with Crippen molar-refractivity contribution in [1.82, 2.24) is 15.5 Å². The number of halogens is 3. The van der Waals surface area contributed by atoms with Crippen molar-refractivity contribution in [2.75, 3.05) is 13.6 Å². The van der Waals surface area contributed by atoms with E-state index in [1.165, 1.54) is 4.90 Å². The number of carboxylic acids is 1. The second kappa shape index (κ2) is 19.2. The lowest BCUT2D eigenvalue weighted by Crippen LogP contribution is -2.55. The molecule has 50 heavy (non-hydrogen) atoms. The standard InChI is InChI=1S/C32H40N8O3.C2HF3O2/c1-40(31(43)25(23-11-6-3-7-12-23)19-22-14-16-24(17-15-22)28(33)34)27(20-21-9-4-2-5-10-21)30(42)39-26(29(35)41)13-8-18-38-32(36)37;3-2(4,5)1(6)7/h2-7,9-12,14-17,25-27H,8,13,18-20H2,1H3,(H3,33,34)(H2,35,41)(H,39,42)(H4,36,37,38);(H,6,7)/t25-,26+,27+;/m1./s1. The number of hydrogen-bond donors (Lipinski definition) is 8. The molecule has 3 atom stereocenters. The molecule has 0 aliphatic rings. The van der Waals surface area contributed by atoms with Crippen molar-refractivity contribution in [2.45, 2.75) is 49.9 Å². The normalized spacial score (nSPS) is 12.6. The molecular formula is C34H41F3N8O5. The highest BCUT2D eigenvalue weighted by Gasteiger charge is 2.38. The molecule has 268 valence electrons. The average molecular weight is 699 g/mol. The Morgan fingerprint density at radius 1 is 0.840 bits per heavy atom. The molecule has 3 aromatic rings. The molecule has 0 spiro atoms. The third kappa shape index (κ3) is 13.3. The van der Waals surface area contributed by atoms with Crippen molar-refractivity contribution >= 4 is 35.5 Å². The molecule has 0 bridgehead atoms. The zero-order valence-electron chi connectivity index (χ0n) is 27.2. The Bertz CT molecular complexity index is 1610. The number of nitrogens with two attached hydrogens (primary N) is 3. The van der Waals surface area contributed by atoms with E-state index in [2.05, 4.69) is 10.6 Å². The lowest BCUT2D eigenvalue weighted by molar-refractivity contribution is -0.192. The van der Waals surface area contributed by atoms with E-state index in [1.54, 1.807) is 19.2 Å². The minimum absolute atomic E-state index is 0.0406. The zero-order valence-corrected chi connectivity index (χ0v) is 27.2. The van der Waals surface area contributed by atoms with Crippen LogP contribution < -0.4 is 27.8 Å². The fourth-order valence-electron chi connectivity index (χ4n) is 4.81. The molecule has 0 fully saturated rings. The van der Waals surface area contributed by atoms with Gasteiger partial charge in [-0.15, -0.1) is 0 Å². The third-order valence-electron chi connectivity index (χ3n) is 7.48. The molecule has 3 rings (SSSR count). The molecule has 0 aliphatic carbocycles. The van der Waals surface area contributed by atoms with E-state index in [4.69, 9.17) is 37.9 Å². The maximum Gasteiger partial charge on any atom is 0.490 e. The number of nitrogen functional groups attached to an aromatic ring is 1. The summed E-state index contributed by atoms with van der Waals surface area (Å²) in [4.78, 5) is 50.5. The van der Waals surface area contributed by atoms with Gasteiger partial charge >= 0.3 is 12.1 Å². The maximum absolute atomic E-state index is 14.2. The van der Waals surface area contributed by atoms with Gasteiger partial charge in [-0.25, -0.2) is 4.79 Å². The number of hydrogen-bond acceptors (Lipinski definition) is 6. The van der Waals surface area contributed by atoms with Crippen molar-refractivity contribution in [3.8, 4) is 0 Å². The molecule has 0 unspecified atom stereocenters. The van der Waals surface area contributed by atoms with Crippen LogP contribution in [0.15, 0.2) is 84.9 Å². The minimum Gasteiger partial charge on any atom is -0.475 e. The van der Waals surface area contributed by atoms with Gasteiger partial charge in [-0.3, -0.25) is 25.2 Å². The van der Waals surface area contributed by atoms with E-state index < -0.39 is 42.0 Å². The first-order valence-corrected chi connectivity index (χ1v) is 15.3. The van der Waals surface area contributed by atoms with E-state index in [0.29, 0.717) is 24.9 Å². The first-order chi connectivity index (χ1) is 23.5. The van der Waals surface area contributed by atoms with Crippen LogP contribution in [-0.4, -0.2) is 77.3 Å². The van der Waals surface area contributed by atoms with Gasteiger partial charge in [0.15, 0.2) is 5.96 Å². The van der Waals surface area contributed by atoms with Crippen molar-refractivity contribution in [3.05, 3.63) is 107 Å². The molecule has 16 heteroatoms. The number of guanidine groups is 1. The van der Waals surface area contributed by atoms with Crippen LogP contribution in [0.5, 0.6) is 0 Å². The Morgan fingerprint density at radius 3 is 1.84 bits per heavy atom. The topological polar surface area (TPSA) is 242 Å². The van der Waals surface area contributed by atoms with Gasteiger partial charge in [-0.2, -0.15) is 13.2 Å². The predicted molar refractivity (Wildman–Crippen MR) is 181 cm³/mol. The Balaban J connectivity index is 0.00000112. The Kier molecular flexibility index (Phi) is 15.4. The third-order valence-corrected chi connectivity index (χ3v) is 7.48.